The Labute approximate surface area is 271 Å². The molecule has 0 bridgehead atoms. The van der Waals surface area contributed by atoms with Gasteiger partial charge in [0, 0.05) is 33.5 Å². The molecule has 0 saturated carbocycles. The van der Waals surface area contributed by atoms with Crippen molar-refractivity contribution in [1.82, 2.24) is 4.90 Å². The Bertz CT molecular complexity index is 1800. The van der Waals surface area contributed by atoms with Crippen LogP contribution in [-0.4, -0.2) is 44.6 Å². The highest BCUT2D eigenvalue weighted by atomic mass is 35.5. The molecule has 0 unspecified atom stereocenters. The number of benzene rings is 4. The van der Waals surface area contributed by atoms with E-state index >= 15 is 0 Å². The fraction of sp³-hybridized carbons (Fsp3) is 0.152. The molecule has 1 amide bonds. The molecule has 0 fully saturated rings. The highest BCUT2D eigenvalue weighted by Crippen LogP contribution is 2.41. The standard InChI is InChI=1S/C33H26ClNO10S/c34-21-11-13-22(14-12-21)46-23-8-3-5-19(15-23)18-35(26-10-4-7-20-6-1-2-9-24(20)26)30(36)25-16-28(44-32(39)40)29(45-33(41)42)17-27(25)43-31(37)38/h1-3,5-6,8-9,11-17,26H,4,7,10,18H2,(H,37,38)(H,39,40)(H,41,42)/t26-/m0/s1. The van der Waals surface area contributed by atoms with Crippen LogP contribution in [-0.2, 0) is 13.0 Å². The monoisotopic (exact) mass is 663 g/mol. The van der Waals surface area contributed by atoms with Crippen molar-refractivity contribution in [2.45, 2.75) is 41.6 Å². The maximum absolute atomic E-state index is 14.5. The van der Waals surface area contributed by atoms with Gasteiger partial charge in [-0.15, -0.1) is 0 Å². The van der Waals surface area contributed by atoms with Crippen molar-refractivity contribution < 1.29 is 48.7 Å². The molecule has 0 aromatic heterocycles. The van der Waals surface area contributed by atoms with Gasteiger partial charge in [0.1, 0.15) is 0 Å². The lowest BCUT2D eigenvalue weighted by molar-refractivity contribution is 0.0633. The summed E-state index contributed by atoms with van der Waals surface area (Å²) in [5, 5.41) is 28.5. The van der Waals surface area contributed by atoms with Gasteiger partial charge in [0.15, 0.2) is 17.2 Å². The van der Waals surface area contributed by atoms with Crippen LogP contribution >= 0.6 is 23.4 Å². The largest absolute Gasteiger partial charge is 0.511 e. The molecule has 5 rings (SSSR count). The van der Waals surface area contributed by atoms with Crippen molar-refractivity contribution >= 4 is 47.7 Å². The van der Waals surface area contributed by atoms with Crippen molar-refractivity contribution in [3.63, 3.8) is 0 Å². The Balaban J connectivity index is 1.59. The van der Waals surface area contributed by atoms with Crippen molar-refractivity contribution in [3.05, 3.63) is 112 Å². The van der Waals surface area contributed by atoms with Crippen molar-refractivity contribution in [2.24, 2.45) is 0 Å². The summed E-state index contributed by atoms with van der Waals surface area (Å²) < 4.78 is 14.2. The average Bonchev–Trinajstić information content (AvgIpc) is 3.01. The van der Waals surface area contributed by atoms with E-state index in [1.807, 2.05) is 60.7 Å². The number of hydrogen-bond acceptors (Lipinski definition) is 8. The lowest BCUT2D eigenvalue weighted by Crippen LogP contribution is -2.36. The number of carbonyl (C=O) groups excluding carboxylic acids is 1. The molecule has 4 aromatic carbocycles. The molecule has 11 nitrogen and oxygen atoms in total. The number of halogens is 1. The summed E-state index contributed by atoms with van der Waals surface area (Å²) in [7, 11) is 0. The number of ether oxygens (including phenoxy) is 3. The molecule has 1 atom stereocenters. The number of rotatable bonds is 9. The third-order valence-corrected chi connectivity index (χ3v) is 8.39. The predicted octanol–water partition coefficient (Wildman–Crippen LogP) is 8.38. The van der Waals surface area contributed by atoms with E-state index < -0.39 is 47.7 Å². The maximum Gasteiger partial charge on any atom is 0.511 e. The molecular weight excluding hydrogens is 638 g/mol. The van der Waals surface area contributed by atoms with Crippen LogP contribution in [0.25, 0.3) is 0 Å². The summed E-state index contributed by atoms with van der Waals surface area (Å²) in [5.74, 6) is -2.58. The first-order valence-corrected chi connectivity index (χ1v) is 15.1. The molecule has 3 N–H and O–H groups in total. The second-order valence-electron chi connectivity index (χ2n) is 10.1. The average molecular weight is 664 g/mol. The van der Waals surface area contributed by atoms with Crippen LogP contribution in [0.3, 0.4) is 0 Å². The zero-order valence-electron chi connectivity index (χ0n) is 23.9. The van der Waals surface area contributed by atoms with Crippen LogP contribution in [0, 0.1) is 0 Å². The quantitative estimate of drug-likeness (QED) is 0.117. The van der Waals surface area contributed by atoms with Crippen LogP contribution in [0.1, 0.15) is 45.9 Å². The highest BCUT2D eigenvalue weighted by Gasteiger charge is 2.33. The normalized spacial score (nSPS) is 13.6. The molecule has 46 heavy (non-hydrogen) atoms. The second kappa shape index (κ2) is 14.3. The van der Waals surface area contributed by atoms with Gasteiger partial charge in [-0.25, -0.2) is 14.4 Å². The third-order valence-electron chi connectivity index (χ3n) is 7.14. The number of fused-ring (bicyclic) bond motifs is 1. The zero-order chi connectivity index (χ0) is 32.8. The zero-order valence-corrected chi connectivity index (χ0v) is 25.5. The molecule has 1 aliphatic carbocycles. The van der Waals surface area contributed by atoms with Crippen LogP contribution in [0.2, 0.25) is 5.02 Å². The van der Waals surface area contributed by atoms with E-state index in [0.717, 1.165) is 51.5 Å². The summed E-state index contributed by atoms with van der Waals surface area (Å²) in [4.78, 5) is 52.3. The van der Waals surface area contributed by atoms with Gasteiger partial charge in [-0.3, -0.25) is 4.79 Å². The lowest BCUT2D eigenvalue weighted by atomic mass is 9.86. The number of hydrogen-bond donors (Lipinski definition) is 3. The summed E-state index contributed by atoms with van der Waals surface area (Å²) >= 11 is 7.54. The Morgan fingerprint density at radius 3 is 2.11 bits per heavy atom. The van der Waals surface area contributed by atoms with Gasteiger partial charge in [0.05, 0.1) is 11.6 Å². The Hall–Kier alpha value is -5.20. The first kappa shape index (κ1) is 32.2. The molecule has 4 aromatic rings. The Kier molecular flexibility index (Phi) is 9.99. The van der Waals surface area contributed by atoms with E-state index in [1.54, 1.807) is 17.0 Å². The number of aryl methyl sites for hydroxylation is 1. The van der Waals surface area contributed by atoms with Gasteiger partial charge in [-0.1, -0.05) is 59.8 Å². The highest BCUT2D eigenvalue weighted by molar-refractivity contribution is 7.99. The minimum Gasteiger partial charge on any atom is -0.449 e. The predicted molar refractivity (Wildman–Crippen MR) is 166 cm³/mol. The van der Waals surface area contributed by atoms with Gasteiger partial charge < -0.3 is 34.4 Å². The van der Waals surface area contributed by atoms with Crippen LogP contribution in [0.5, 0.6) is 17.2 Å². The molecule has 0 spiro atoms. The topological polar surface area (TPSA) is 160 Å². The Morgan fingerprint density at radius 2 is 1.41 bits per heavy atom. The molecule has 236 valence electrons. The van der Waals surface area contributed by atoms with Crippen LogP contribution < -0.4 is 14.2 Å². The van der Waals surface area contributed by atoms with Crippen molar-refractivity contribution in [3.8, 4) is 17.2 Å². The molecule has 13 heteroatoms. The van der Waals surface area contributed by atoms with Crippen molar-refractivity contribution in [1.29, 1.82) is 0 Å². The Morgan fingerprint density at radius 1 is 0.761 bits per heavy atom. The number of amides is 1. The third kappa shape index (κ3) is 7.89. The molecule has 0 aliphatic heterocycles. The minimum atomic E-state index is -1.83. The summed E-state index contributed by atoms with van der Waals surface area (Å²) in [6, 6.07) is 23.9. The van der Waals surface area contributed by atoms with E-state index in [9.17, 15) is 29.4 Å². The fourth-order valence-electron chi connectivity index (χ4n) is 5.31. The smallest absolute Gasteiger partial charge is 0.449 e. The molecule has 0 heterocycles. The molecule has 0 saturated heterocycles. The van der Waals surface area contributed by atoms with E-state index in [1.165, 1.54) is 11.8 Å². The van der Waals surface area contributed by atoms with Gasteiger partial charge >= 0.3 is 18.5 Å². The van der Waals surface area contributed by atoms with E-state index in [4.69, 9.17) is 26.2 Å². The fourth-order valence-corrected chi connectivity index (χ4v) is 6.33. The van der Waals surface area contributed by atoms with Crippen molar-refractivity contribution in [2.75, 3.05) is 0 Å². The van der Waals surface area contributed by atoms with E-state index in [0.29, 0.717) is 11.4 Å². The first-order chi connectivity index (χ1) is 22.1. The van der Waals surface area contributed by atoms with E-state index in [-0.39, 0.29) is 12.1 Å². The van der Waals surface area contributed by atoms with Crippen LogP contribution in [0.15, 0.2) is 94.7 Å². The van der Waals surface area contributed by atoms with Gasteiger partial charge in [0.2, 0.25) is 0 Å². The number of carbonyl (C=O) groups is 4. The molecule has 0 radical (unpaired) electrons. The maximum atomic E-state index is 14.5. The summed E-state index contributed by atoms with van der Waals surface area (Å²) in [6.07, 6.45) is -3.25. The second-order valence-corrected chi connectivity index (χ2v) is 11.7. The van der Waals surface area contributed by atoms with Crippen LogP contribution in [0.4, 0.5) is 14.4 Å². The SMILES string of the molecule is O=C(O)Oc1cc(OC(=O)O)c(C(=O)N(Cc2cccc(Sc3ccc(Cl)cc3)c2)[C@H]2CCCc3ccccc32)cc1OC(=O)O. The summed E-state index contributed by atoms with van der Waals surface area (Å²) in [5.41, 5.74) is 2.38. The number of nitrogens with zero attached hydrogens (tertiary/aromatic N) is 1. The minimum absolute atomic E-state index is 0.0852. The van der Waals surface area contributed by atoms with Gasteiger partial charge in [-0.2, -0.15) is 0 Å². The molecular formula is C33H26ClNO10S. The first-order valence-electron chi connectivity index (χ1n) is 13.9. The van der Waals surface area contributed by atoms with Gasteiger partial charge in [0.25, 0.3) is 5.91 Å². The number of carboxylic acid groups (broad SMARTS) is 3. The lowest BCUT2D eigenvalue weighted by Gasteiger charge is -2.36. The summed E-state index contributed by atoms with van der Waals surface area (Å²) in [6.45, 7) is 0.0852. The molecule has 1 aliphatic rings. The van der Waals surface area contributed by atoms with E-state index in [2.05, 4.69) is 4.74 Å². The van der Waals surface area contributed by atoms with Gasteiger partial charge in [-0.05, 0) is 72.4 Å².